The molecule has 3 atom stereocenters. The Morgan fingerprint density at radius 2 is 2.04 bits per heavy atom. The van der Waals surface area contributed by atoms with Gasteiger partial charge in [-0.3, -0.25) is 0 Å². The second-order valence-corrected chi connectivity index (χ2v) is 7.53. The van der Waals surface area contributed by atoms with E-state index in [0.29, 0.717) is 19.3 Å². The lowest BCUT2D eigenvalue weighted by Crippen LogP contribution is -2.53. The van der Waals surface area contributed by atoms with Crippen LogP contribution < -0.4 is 0 Å². The van der Waals surface area contributed by atoms with Crippen molar-refractivity contribution in [3.05, 3.63) is 48.6 Å². The monoisotopic (exact) mass is 330 g/mol. The molecule has 2 aliphatic rings. The molecule has 0 aliphatic heterocycles. The molecule has 1 aromatic rings. The summed E-state index contributed by atoms with van der Waals surface area (Å²) in [5, 5.41) is 0. The second kappa shape index (κ2) is 7.81. The van der Waals surface area contributed by atoms with E-state index >= 15 is 0 Å². The Kier molecular flexibility index (Phi) is 5.75. The molecule has 3 rings (SSSR count). The van der Waals surface area contributed by atoms with Gasteiger partial charge in [-0.25, -0.2) is 0 Å². The lowest BCUT2D eigenvalue weighted by atomic mass is 9.62. The van der Waals surface area contributed by atoms with E-state index in [1.165, 1.54) is 18.4 Å². The highest BCUT2D eigenvalue weighted by Gasteiger charge is 2.51. The van der Waals surface area contributed by atoms with Gasteiger partial charge in [-0.05, 0) is 37.2 Å². The third-order valence-corrected chi connectivity index (χ3v) is 5.60. The SMILES string of the molecule is C=CCC1(OCOC)CC2CCCC(OCc3ccccc3)(C2)C1. The summed E-state index contributed by atoms with van der Waals surface area (Å²) in [5.41, 5.74) is 0.998. The minimum atomic E-state index is -0.183. The average molecular weight is 330 g/mol. The Bertz CT molecular complexity index is 529. The van der Waals surface area contributed by atoms with Gasteiger partial charge in [0.05, 0.1) is 17.8 Å². The topological polar surface area (TPSA) is 27.7 Å². The predicted molar refractivity (Wildman–Crippen MR) is 95.7 cm³/mol. The highest BCUT2D eigenvalue weighted by Crippen LogP contribution is 2.51. The molecule has 0 N–H and O–H groups in total. The molecular weight excluding hydrogens is 300 g/mol. The largest absolute Gasteiger partial charge is 0.370 e. The lowest BCUT2D eigenvalue weighted by Gasteiger charge is -2.53. The van der Waals surface area contributed by atoms with Crippen molar-refractivity contribution in [3.63, 3.8) is 0 Å². The summed E-state index contributed by atoms with van der Waals surface area (Å²) in [5.74, 6) is 0.681. The Morgan fingerprint density at radius 1 is 1.21 bits per heavy atom. The molecule has 2 saturated carbocycles. The van der Waals surface area contributed by atoms with Crippen molar-refractivity contribution in [1.82, 2.24) is 0 Å². The molecule has 3 unspecified atom stereocenters. The Hall–Kier alpha value is -1.16. The number of methoxy groups -OCH3 is 1. The molecule has 3 heteroatoms. The maximum Gasteiger partial charge on any atom is 0.147 e. The third kappa shape index (κ3) is 4.08. The van der Waals surface area contributed by atoms with Crippen LogP contribution in [0.5, 0.6) is 0 Å². The third-order valence-electron chi connectivity index (χ3n) is 5.60. The van der Waals surface area contributed by atoms with Crippen LogP contribution >= 0.6 is 0 Å². The van der Waals surface area contributed by atoms with Crippen molar-refractivity contribution in [2.75, 3.05) is 13.9 Å². The maximum absolute atomic E-state index is 6.55. The van der Waals surface area contributed by atoms with E-state index in [2.05, 4.69) is 30.8 Å². The van der Waals surface area contributed by atoms with E-state index in [-0.39, 0.29) is 11.2 Å². The molecule has 3 nitrogen and oxygen atoms in total. The van der Waals surface area contributed by atoms with Gasteiger partial charge in [-0.2, -0.15) is 0 Å². The minimum Gasteiger partial charge on any atom is -0.370 e. The van der Waals surface area contributed by atoms with Crippen LogP contribution in [0.1, 0.15) is 50.5 Å². The van der Waals surface area contributed by atoms with Crippen LogP contribution in [0.2, 0.25) is 0 Å². The maximum atomic E-state index is 6.55. The second-order valence-electron chi connectivity index (χ2n) is 7.53. The molecule has 0 spiro atoms. The van der Waals surface area contributed by atoms with E-state index in [1.54, 1.807) is 7.11 Å². The molecule has 2 fully saturated rings. The van der Waals surface area contributed by atoms with Crippen molar-refractivity contribution in [3.8, 4) is 0 Å². The van der Waals surface area contributed by atoms with E-state index in [9.17, 15) is 0 Å². The number of benzene rings is 1. The van der Waals surface area contributed by atoms with Crippen LogP contribution in [-0.2, 0) is 20.8 Å². The van der Waals surface area contributed by atoms with Crippen LogP contribution in [0.25, 0.3) is 0 Å². The fraction of sp³-hybridized carbons (Fsp3) is 0.619. The highest BCUT2D eigenvalue weighted by molar-refractivity contribution is 5.14. The van der Waals surface area contributed by atoms with Crippen molar-refractivity contribution in [2.45, 2.75) is 62.8 Å². The van der Waals surface area contributed by atoms with Crippen LogP contribution in [0, 0.1) is 5.92 Å². The fourth-order valence-electron chi connectivity index (χ4n) is 4.73. The van der Waals surface area contributed by atoms with Gasteiger partial charge in [0.2, 0.25) is 0 Å². The van der Waals surface area contributed by atoms with Gasteiger partial charge in [0, 0.05) is 13.5 Å². The summed E-state index contributed by atoms with van der Waals surface area (Å²) in [6, 6.07) is 10.5. The quantitative estimate of drug-likeness (QED) is 0.503. The van der Waals surface area contributed by atoms with E-state index in [1.807, 2.05) is 12.1 Å². The summed E-state index contributed by atoms with van der Waals surface area (Å²) in [6.07, 6.45) is 9.72. The van der Waals surface area contributed by atoms with Crippen LogP contribution in [0.15, 0.2) is 43.0 Å². The standard InChI is InChI=1S/C21H30O3/c1-3-11-20(24-17-22-2)13-19-10-7-12-21(14-19,16-20)23-15-18-8-5-4-6-9-18/h3-6,8-9,19H,1,7,10-17H2,2H3. The number of hydrogen-bond acceptors (Lipinski definition) is 3. The molecule has 24 heavy (non-hydrogen) atoms. The molecule has 0 heterocycles. The first-order chi connectivity index (χ1) is 11.7. The molecular formula is C21H30O3. The van der Waals surface area contributed by atoms with Crippen molar-refractivity contribution >= 4 is 0 Å². The van der Waals surface area contributed by atoms with Gasteiger partial charge >= 0.3 is 0 Å². The van der Waals surface area contributed by atoms with E-state index in [4.69, 9.17) is 14.2 Å². The Labute approximate surface area is 146 Å². The Morgan fingerprint density at radius 3 is 2.79 bits per heavy atom. The summed E-state index contributed by atoms with van der Waals surface area (Å²) >= 11 is 0. The normalized spacial score (nSPS) is 32.5. The zero-order valence-electron chi connectivity index (χ0n) is 14.8. The predicted octanol–water partition coefficient (Wildman–Crippen LogP) is 4.86. The van der Waals surface area contributed by atoms with Crippen LogP contribution in [0.3, 0.4) is 0 Å². The summed E-state index contributed by atoms with van der Waals surface area (Å²) in [7, 11) is 1.69. The molecule has 0 radical (unpaired) electrons. The van der Waals surface area contributed by atoms with Crippen LogP contribution in [0.4, 0.5) is 0 Å². The first-order valence-corrected chi connectivity index (χ1v) is 9.11. The number of ether oxygens (including phenoxy) is 3. The number of rotatable bonds is 8. The summed E-state index contributed by atoms with van der Waals surface area (Å²) in [4.78, 5) is 0. The van der Waals surface area contributed by atoms with Gasteiger partial charge in [0.25, 0.3) is 0 Å². The number of hydrogen-bond donors (Lipinski definition) is 0. The zero-order chi connectivity index (χ0) is 16.9. The van der Waals surface area contributed by atoms with E-state index in [0.717, 1.165) is 32.1 Å². The van der Waals surface area contributed by atoms with Crippen molar-refractivity contribution in [1.29, 1.82) is 0 Å². The highest BCUT2D eigenvalue weighted by atomic mass is 16.7. The lowest BCUT2D eigenvalue weighted by molar-refractivity contribution is -0.215. The molecule has 1 aromatic carbocycles. The number of fused-ring (bicyclic) bond motifs is 2. The molecule has 2 aliphatic carbocycles. The minimum absolute atomic E-state index is 0.0617. The van der Waals surface area contributed by atoms with Crippen molar-refractivity contribution < 1.29 is 14.2 Å². The van der Waals surface area contributed by atoms with Gasteiger partial charge in [-0.15, -0.1) is 6.58 Å². The first kappa shape index (κ1) is 17.7. The fourth-order valence-corrected chi connectivity index (χ4v) is 4.73. The Balaban J connectivity index is 1.75. The summed E-state index contributed by atoms with van der Waals surface area (Å²) < 4.78 is 18.0. The molecule has 0 saturated heterocycles. The summed E-state index contributed by atoms with van der Waals surface area (Å²) in [6.45, 7) is 4.98. The molecule has 132 valence electrons. The van der Waals surface area contributed by atoms with Gasteiger partial charge in [0.1, 0.15) is 6.79 Å². The van der Waals surface area contributed by atoms with Gasteiger partial charge < -0.3 is 14.2 Å². The van der Waals surface area contributed by atoms with Crippen molar-refractivity contribution in [2.24, 2.45) is 5.92 Å². The van der Waals surface area contributed by atoms with Gasteiger partial charge in [0.15, 0.2) is 0 Å². The molecule has 0 aromatic heterocycles. The zero-order valence-corrected chi connectivity index (χ0v) is 14.8. The van der Waals surface area contributed by atoms with Gasteiger partial charge in [-0.1, -0.05) is 49.2 Å². The molecule has 2 bridgehead atoms. The smallest absolute Gasteiger partial charge is 0.147 e. The molecule has 0 amide bonds. The van der Waals surface area contributed by atoms with E-state index < -0.39 is 0 Å². The van der Waals surface area contributed by atoms with Crippen LogP contribution in [-0.4, -0.2) is 25.1 Å². The average Bonchev–Trinajstić information content (AvgIpc) is 2.59. The first-order valence-electron chi connectivity index (χ1n) is 9.11.